The number of ether oxygens (including phenoxy) is 5. The van der Waals surface area contributed by atoms with E-state index in [4.69, 9.17) is 35.3 Å². The van der Waals surface area contributed by atoms with Crippen LogP contribution in [0.4, 0.5) is 4.79 Å². The molecule has 2 amide bonds. The van der Waals surface area contributed by atoms with E-state index >= 15 is 0 Å². The Kier molecular flexibility index (Phi) is 12.7. The summed E-state index contributed by atoms with van der Waals surface area (Å²) in [5, 5.41) is 17.2. The third kappa shape index (κ3) is 9.01. The number of carbonyl (C=O) groups is 3. The number of methoxy groups -OCH3 is 2. The molecule has 0 aliphatic carbocycles. The summed E-state index contributed by atoms with van der Waals surface area (Å²) in [7, 11) is 8.02. The Morgan fingerprint density at radius 1 is 1.28 bits per heavy atom. The van der Waals surface area contributed by atoms with E-state index < -0.39 is 59.8 Å². The van der Waals surface area contributed by atoms with Gasteiger partial charge in [-0.2, -0.15) is 0 Å². The van der Waals surface area contributed by atoms with Gasteiger partial charge in [-0.15, -0.1) is 0 Å². The summed E-state index contributed by atoms with van der Waals surface area (Å²) < 4.78 is 28.4. The predicted molar refractivity (Wildman–Crippen MR) is 173 cm³/mol. The number of amides is 2. The molecule has 2 fully saturated rings. The van der Waals surface area contributed by atoms with E-state index in [-0.39, 0.29) is 18.7 Å². The second-order valence-corrected chi connectivity index (χ2v) is 12.8. The van der Waals surface area contributed by atoms with E-state index in [1.165, 1.54) is 14.2 Å². The van der Waals surface area contributed by atoms with Crippen LogP contribution < -0.4 is 15.4 Å². The summed E-state index contributed by atoms with van der Waals surface area (Å²) >= 11 is 6.14. The predicted octanol–water partition coefficient (Wildman–Crippen LogP) is 3.39. The number of aliphatic hydroxyl groups is 1. The average Bonchev–Trinajstić information content (AvgIpc) is 3.70. The van der Waals surface area contributed by atoms with Gasteiger partial charge in [0.1, 0.15) is 35.7 Å². The van der Waals surface area contributed by atoms with Crippen molar-refractivity contribution in [2.45, 2.75) is 88.7 Å². The molecule has 0 bridgehead atoms. The first-order chi connectivity index (χ1) is 21.6. The van der Waals surface area contributed by atoms with Gasteiger partial charge in [-0.05, 0) is 59.0 Å². The van der Waals surface area contributed by atoms with E-state index in [0.717, 1.165) is 11.1 Å². The van der Waals surface area contributed by atoms with E-state index in [0.29, 0.717) is 17.2 Å². The Morgan fingerprint density at radius 2 is 1.98 bits per heavy atom. The standard InChI is InChI=1S/C33H48ClN3O9/c1-19(15-22-13-14-23(34)24(16-22)42-8)11-10-12-26(43-9)33(41)18-25(44-31(40)36-33)20(2)29-32(4,46-29)27(17-28(38)35-5)45-30(39)21(3)37(6)7/h10-14,16,20-21,25-27,29,41H,15,17-18H2,1-9H3,(H,35,38)(H,36,40)/b12-10+,19-11+. The molecule has 0 spiro atoms. The molecular formula is C33H48ClN3O9. The van der Waals surface area contributed by atoms with E-state index in [9.17, 15) is 19.5 Å². The number of hydrogen-bond acceptors (Lipinski definition) is 10. The zero-order chi connectivity index (χ0) is 34.4. The summed E-state index contributed by atoms with van der Waals surface area (Å²) in [6.07, 6.45) is 1.96. The minimum Gasteiger partial charge on any atom is -0.495 e. The van der Waals surface area contributed by atoms with Crippen LogP contribution in [0.2, 0.25) is 5.02 Å². The maximum absolute atomic E-state index is 12.8. The fourth-order valence-electron chi connectivity index (χ4n) is 5.58. The first kappa shape index (κ1) is 37.3. The number of hydrogen-bond donors (Lipinski definition) is 3. The molecular weight excluding hydrogens is 618 g/mol. The molecule has 1 aromatic rings. The molecule has 8 atom stereocenters. The van der Waals surface area contributed by atoms with Gasteiger partial charge < -0.3 is 34.1 Å². The third-order valence-electron chi connectivity index (χ3n) is 8.79. The first-order valence-electron chi connectivity index (χ1n) is 15.2. The van der Waals surface area contributed by atoms with E-state index in [1.807, 2.05) is 32.1 Å². The Morgan fingerprint density at radius 3 is 2.59 bits per heavy atom. The quantitative estimate of drug-likeness (QED) is 0.145. The molecule has 2 heterocycles. The van der Waals surface area contributed by atoms with Gasteiger partial charge in [-0.1, -0.05) is 48.4 Å². The molecule has 12 nitrogen and oxygen atoms in total. The third-order valence-corrected chi connectivity index (χ3v) is 9.11. The minimum atomic E-state index is -1.79. The molecule has 2 saturated heterocycles. The number of nitrogens with one attached hydrogen (secondary N) is 2. The van der Waals surface area contributed by atoms with Crippen LogP contribution in [0, 0.1) is 5.92 Å². The van der Waals surface area contributed by atoms with Crippen molar-refractivity contribution in [2.24, 2.45) is 5.92 Å². The van der Waals surface area contributed by atoms with Crippen molar-refractivity contribution in [1.82, 2.24) is 15.5 Å². The highest BCUT2D eigenvalue weighted by Crippen LogP contribution is 2.48. The normalized spacial score (nSPS) is 27.3. The molecule has 0 saturated carbocycles. The average molecular weight is 666 g/mol. The topological polar surface area (TPSA) is 148 Å². The van der Waals surface area contributed by atoms with Gasteiger partial charge in [-0.25, -0.2) is 4.79 Å². The lowest BCUT2D eigenvalue weighted by Crippen LogP contribution is -2.63. The number of carbonyl (C=O) groups excluding carboxylic acids is 3. The van der Waals surface area contributed by atoms with E-state index in [1.54, 1.807) is 58.2 Å². The Labute approximate surface area is 276 Å². The Hall–Kier alpha value is -3.16. The van der Waals surface area contributed by atoms with Crippen LogP contribution in [-0.4, -0.2) is 105 Å². The minimum absolute atomic E-state index is 0.0104. The molecule has 0 radical (unpaired) electrons. The molecule has 8 unspecified atom stereocenters. The van der Waals surface area contributed by atoms with Crippen LogP contribution in [-0.2, 0) is 35.0 Å². The Bertz CT molecular complexity index is 1320. The number of likely N-dealkylation sites (N-methyl/N-ethyl adjacent to an activating group) is 1. The summed E-state index contributed by atoms with van der Waals surface area (Å²) in [4.78, 5) is 39.6. The van der Waals surface area contributed by atoms with Crippen molar-refractivity contribution in [3.05, 3.63) is 52.6 Å². The first-order valence-corrected chi connectivity index (χ1v) is 15.6. The highest BCUT2D eigenvalue weighted by Gasteiger charge is 2.64. The lowest BCUT2D eigenvalue weighted by Gasteiger charge is -2.42. The number of nitrogens with zero attached hydrogens (tertiary/aromatic N) is 1. The maximum atomic E-state index is 12.8. The monoisotopic (exact) mass is 665 g/mol. The SMILES string of the molecule is CNC(=O)CC(OC(=O)C(C)N(C)C)C1(C)OC1C(C)C1CC(O)(C(/C=C/C=C(\C)Cc2ccc(Cl)c(OC)c2)OC)NC(=O)O1. The summed E-state index contributed by atoms with van der Waals surface area (Å²) in [6, 6.07) is 5.06. The second-order valence-electron chi connectivity index (χ2n) is 12.4. The highest BCUT2D eigenvalue weighted by atomic mass is 35.5. The number of benzene rings is 1. The van der Waals surface area contributed by atoms with Crippen molar-refractivity contribution in [1.29, 1.82) is 0 Å². The summed E-state index contributed by atoms with van der Waals surface area (Å²) in [6.45, 7) is 7.27. The van der Waals surface area contributed by atoms with Crippen molar-refractivity contribution < 1.29 is 43.2 Å². The molecule has 46 heavy (non-hydrogen) atoms. The maximum Gasteiger partial charge on any atom is 0.409 e. The van der Waals surface area contributed by atoms with Gasteiger partial charge in [0, 0.05) is 26.5 Å². The van der Waals surface area contributed by atoms with Crippen LogP contribution in [0.25, 0.3) is 0 Å². The number of cyclic esters (lactones) is 1. The molecule has 2 aliphatic heterocycles. The van der Waals surface area contributed by atoms with Crippen LogP contribution in [0.5, 0.6) is 5.75 Å². The van der Waals surface area contributed by atoms with Crippen molar-refractivity contribution in [2.75, 3.05) is 35.4 Å². The number of esters is 1. The molecule has 13 heteroatoms. The van der Waals surface area contributed by atoms with Crippen molar-refractivity contribution in [3.8, 4) is 5.75 Å². The van der Waals surface area contributed by atoms with Gasteiger partial charge in [0.2, 0.25) is 5.91 Å². The summed E-state index contributed by atoms with van der Waals surface area (Å²) in [5.41, 5.74) is -0.750. The largest absolute Gasteiger partial charge is 0.495 e. The molecule has 256 valence electrons. The fourth-order valence-corrected chi connectivity index (χ4v) is 5.77. The molecule has 3 rings (SSSR count). The van der Waals surface area contributed by atoms with Gasteiger partial charge in [-0.3, -0.25) is 19.8 Å². The second kappa shape index (κ2) is 15.6. The van der Waals surface area contributed by atoms with Gasteiger partial charge in [0.25, 0.3) is 0 Å². The lowest BCUT2D eigenvalue weighted by molar-refractivity contribution is -0.158. The molecule has 0 aromatic heterocycles. The summed E-state index contributed by atoms with van der Waals surface area (Å²) in [5.74, 6) is -0.633. The van der Waals surface area contributed by atoms with Gasteiger partial charge in [0.05, 0.1) is 24.7 Å². The number of rotatable bonds is 15. The fraction of sp³-hybridized carbons (Fsp3) is 0.606. The molecule has 3 N–H and O–H groups in total. The highest BCUT2D eigenvalue weighted by molar-refractivity contribution is 6.32. The number of allylic oxidation sites excluding steroid dienone is 3. The zero-order valence-corrected chi connectivity index (χ0v) is 28.8. The molecule has 2 aliphatic rings. The van der Waals surface area contributed by atoms with Crippen molar-refractivity contribution >= 4 is 29.6 Å². The van der Waals surface area contributed by atoms with E-state index in [2.05, 4.69) is 10.6 Å². The van der Waals surface area contributed by atoms with Crippen LogP contribution >= 0.6 is 11.6 Å². The van der Waals surface area contributed by atoms with Gasteiger partial charge in [0.15, 0.2) is 5.72 Å². The number of epoxide rings is 1. The Balaban J connectivity index is 1.72. The smallest absolute Gasteiger partial charge is 0.409 e. The lowest BCUT2D eigenvalue weighted by atomic mass is 9.83. The van der Waals surface area contributed by atoms with Gasteiger partial charge >= 0.3 is 12.1 Å². The number of halogens is 1. The van der Waals surface area contributed by atoms with Crippen LogP contribution in [0.15, 0.2) is 42.0 Å². The van der Waals surface area contributed by atoms with Crippen molar-refractivity contribution in [3.63, 3.8) is 0 Å². The zero-order valence-electron chi connectivity index (χ0n) is 28.1. The number of alkyl carbamates (subject to hydrolysis) is 1. The van der Waals surface area contributed by atoms with Crippen LogP contribution in [0.3, 0.4) is 0 Å². The van der Waals surface area contributed by atoms with Crippen LogP contribution in [0.1, 0.15) is 46.1 Å². The molecule has 1 aromatic carbocycles.